The van der Waals surface area contributed by atoms with E-state index in [-0.39, 0.29) is 28.5 Å². The van der Waals surface area contributed by atoms with Crippen molar-refractivity contribution < 1.29 is 14.3 Å². The zero-order chi connectivity index (χ0) is 13.5. The number of rotatable bonds is 4. The molecule has 1 aliphatic rings. The van der Waals surface area contributed by atoms with E-state index in [0.717, 1.165) is 6.42 Å². The number of ketones is 1. The average Bonchev–Trinajstić information content (AvgIpc) is 2.33. The van der Waals surface area contributed by atoms with Crippen molar-refractivity contribution in [2.45, 2.75) is 71.2 Å². The summed E-state index contributed by atoms with van der Waals surface area (Å²) in [6.45, 7) is 12.0. The predicted molar refractivity (Wildman–Crippen MR) is 68.1 cm³/mol. The van der Waals surface area contributed by atoms with Crippen LogP contribution < -0.4 is 0 Å². The summed E-state index contributed by atoms with van der Waals surface area (Å²) in [5, 5.41) is 0. The number of carbonyl (C=O) groups excluding carboxylic acids is 1. The van der Waals surface area contributed by atoms with Gasteiger partial charge in [0.15, 0.2) is 0 Å². The first-order valence-corrected chi connectivity index (χ1v) is 6.27. The van der Waals surface area contributed by atoms with Crippen molar-refractivity contribution in [3.05, 3.63) is 0 Å². The van der Waals surface area contributed by atoms with Crippen molar-refractivity contribution in [2.75, 3.05) is 7.11 Å². The molecule has 0 aliphatic carbocycles. The first kappa shape index (κ1) is 14.7. The second-order valence-corrected chi connectivity index (χ2v) is 6.83. The van der Waals surface area contributed by atoms with E-state index in [4.69, 9.17) is 9.47 Å². The van der Waals surface area contributed by atoms with Crippen LogP contribution in [0, 0.1) is 5.92 Å². The van der Waals surface area contributed by atoms with E-state index in [0.29, 0.717) is 6.42 Å². The molecule has 0 N–H and O–H groups in total. The Morgan fingerprint density at radius 1 is 1.35 bits per heavy atom. The maximum absolute atomic E-state index is 12.4. The molecule has 1 atom stereocenters. The molecule has 1 heterocycles. The molecular weight excluding hydrogens is 216 g/mol. The Morgan fingerprint density at radius 3 is 2.24 bits per heavy atom. The number of ether oxygens (including phenoxy) is 2. The van der Waals surface area contributed by atoms with Crippen LogP contribution in [-0.4, -0.2) is 29.7 Å². The molecule has 0 aromatic carbocycles. The van der Waals surface area contributed by atoms with Crippen LogP contribution >= 0.6 is 0 Å². The van der Waals surface area contributed by atoms with E-state index >= 15 is 0 Å². The fraction of sp³-hybridized carbons (Fsp3) is 0.929. The fourth-order valence-electron chi connectivity index (χ4n) is 2.68. The maximum atomic E-state index is 12.4. The summed E-state index contributed by atoms with van der Waals surface area (Å²) >= 11 is 0. The zero-order valence-corrected chi connectivity index (χ0v) is 12.2. The van der Waals surface area contributed by atoms with Gasteiger partial charge in [-0.1, -0.05) is 0 Å². The molecule has 0 aromatic heterocycles. The van der Waals surface area contributed by atoms with Crippen molar-refractivity contribution in [2.24, 2.45) is 5.92 Å². The van der Waals surface area contributed by atoms with Gasteiger partial charge in [0.25, 0.3) is 0 Å². The topological polar surface area (TPSA) is 35.5 Å². The SMILES string of the molecule is COC(C)(C)CC(=O)C1CC(C)(C)OC1(C)C. The van der Waals surface area contributed by atoms with Gasteiger partial charge in [0.2, 0.25) is 0 Å². The number of Topliss-reactive ketones (excluding diaryl/α,β-unsaturated/α-hetero) is 1. The second kappa shape index (κ2) is 4.36. The lowest BCUT2D eigenvalue weighted by Gasteiger charge is -2.29. The molecule has 100 valence electrons. The van der Waals surface area contributed by atoms with Crippen LogP contribution in [0.3, 0.4) is 0 Å². The van der Waals surface area contributed by atoms with Crippen molar-refractivity contribution in [1.82, 2.24) is 0 Å². The van der Waals surface area contributed by atoms with E-state index in [1.807, 2.05) is 41.5 Å². The minimum Gasteiger partial charge on any atom is -0.378 e. The third-order valence-corrected chi connectivity index (χ3v) is 3.62. The molecule has 0 amide bonds. The minimum absolute atomic E-state index is 0.0353. The van der Waals surface area contributed by atoms with Gasteiger partial charge < -0.3 is 9.47 Å². The van der Waals surface area contributed by atoms with Gasteiger partial charge in [0.1, 0.15) is 5.78 Å². The molecule has 1 fully saturated rings. The number of hydrogen-bond acceptors (Lipinski definition) is 3. The lowest BCUT2D eigenvalue weighted by molar-refractivity contribution is -0.134. The smallest absolute Gasteiger partial charge is 0.141 e. The average molecular weight is 242 g/mol. The lowest BCUT2D eigenvalue weighted by Crippen LogP contribution is -2.37. The summed E-state index contributed by atoms with van der Waals surface area (Å²) in [6, 6.07) is 0. The van der Waals surface area contributed by atoms with Crippen LogP contribution in [0.25, 0.3) is 0 Å². The van der Waals surface area contributed by atoms with Gasteiger partial charge in [0.05, 0.1) is 16.8 Å². The highest BCUT2D eigenvalue weighted by atomic mass is 16.5. The van der Waals surface area contributed by atoms with Crippen molar-refractivity contribution in [3.8, 4) is 0 Å². The Morgan fingerprint density at radius 2 is 1.88 bits per heavy atom. The lowest BCUT2D eigenvalue weighted by atomic mass is 9.81. The highest BCUT2D eigenvalue weighted by Gasteiger charge is 2.49. The van der Waals surface area contributed by atoms with Gasteiger partial charge in [-0.2, -0.15) is 0 Å². The fourth-order valence-corrected chi connectivity index (χ4v) is 2.68. The Bertz CT molecular complexity index is 303. The quantitative estimate of drug-likeness (QED) is 0.760. The van der Waals surface area contributed by atoms with E-state index in [2.05, 4.69) is 0 Å². The molecule has 3 heteroatoms. The maximum Gasteiger partial charge on any atom is 0.141 e. The van der Waals surface area contributed by atoms with Crippen molar-refractivity contribution in [1.29, 1.82) is 0 Å². The van der Waals surface area contributed by atoms with Gasteiger partial charge in [-0.25, -0.2) is 0 Å². The molecule has 1 aliphatic heterocycles. The summed E-state index contributed by atoms with van der Waals surface area (Å²) in [6.07, 6.45) is 1.23. The van der Waals surface area contributed by atoms with Gasteiger partial charge in [0, 0.05) is 19.4 Å². The molecular formula is C14H26O3. The van der Waals surface area contributed by atoms with Crippen molar-refractivity contribution in [3.63, 3.8) is 0 Å². The minimum atomic E-state index is -0.389. The van der Waals surface area contributed by atoms with Crippen LogP contribution in [0.4, 0.5) is 0 Å². The monoisotopic (exact) mass is 242 g/mol. The molecule has 1 saturated heterocycles. The standard InChI is InChI=1S/C14H26O3/c1-12(2,16-7)9-11(15)10-8-13(3,4)17-14(10,5)6/h10H,8-9H2,1-7H3. The van der Waals surface area contributed by atoms with E-state index in [1.165, 1.54) is 0 Å². The third kappa shape index (κ3) is 3.52. The molecule has 3 nitrogen and oxygen atoms in total. The number of carbonyl (C=O) groups is 1. The molecule has 0 aromatic rings. The van der Waals surface area contributed by atoms with E-state index in [9.17, 15) is 4.79 Å². The summed E-state index contributed by atoms with van der Waals surface area (Å²) in [4.78, 5) is 12.4. The Hall–Kier alpha value is -0.410. The molecule has 17 heavy (non-hydrogen) atoms. The van der Waals surface area contributed by atoms with Crippen LogP contribution in [0.2, 0.25) is 0 Å². The molecule has 1 rings (SSSR count). The molecule has 1 unspecified atom stereocenters. The van der Waals surface area contributed by atoms with Crippen LogP contribution in [0.5, 0.6) is 0 Å². The Kier molecular flexibility index (Phi) is 3.76. The summed E-state index contributed by atoms with van der Waals surface area (Å²) in [7, 11) is 1.65. The van der Waals surface area contributed by atoms with Gasteiger partial charge in [-0.15, -0.1) is 0 Å². The first-order chi connectivity index (χ1) is 7.49. The van der Waals surface area contributed by atoms with E-state index < -0.39 is 0 Å². The molecule has 0 bridgehead atoms. The number of methoxy groups -OCH3 is 1. The van der Waals surface area contributed by atoms with Crippen LogP contribution in [-0.2, 0) is 14.3 Å². The third-order valence-electron chi connectivity index (χ3n) is 3.62. The first-order valence-electron chi connectivity index (χ1n) is 6.27. The highest BCUT2D eigenvalue weighted by molar-refractivity contribution is 5.83. The van der Waals surface area contributed by atoms with Gasteiger partial charge >= 0.3 is 0 Å². The highest BCUT2D eigenvalue weighted by Crippen LogP contribution is 2.43. The Labute approximate surface area is 105 Å². The summed E-state index contributed by atoms with van der Waals surface area (Å²) in [5.41, 5.74) is -0.967. The normalized spacial score (nSPS) is 27.1. The molecule has 0 saturated carbocycles. The Balaban J connectivity index is 2.77. The predicted octanol–water partition coefficient (Wildman–Crippen LogP) is 2.96. The van der Waals surface area contributed by atoms with Gasteiger partial charge in [-0.05, 0) is 48.0 Å². The van der Waals surface area contributed by atoms with E-state index in [1.54, 1.807) is 7.11 Å². The largest absolute Gasteiger partial charge is 0.378 e. The van der Waals surface area contributed by atoms with Gasteiger partial charge in [-0.3, -0.25) is 4.79 Å². The molecule has 0 radical (unpaired) electrons. The van der Waals surface area contributed by atoms with Crippen LogP contribution in [0.15, 0.2) is 0 Å². The summed E-state index contributed by atoms with van der Waals surface area (Å²) < 4.78 is 11.3. The molecule has 0 spiro atoms. The second-order valence-electron chi connectivity index (χ2n) is 6.83. The zero-order valence-electron chi connectivity index (χ0n) is 12.2. The van der Waals surface area contributed by atoms with Crippen LogP contribution in [0.1, 0.15) is 54.4 Å². The number of hydrogen-bond donors (Lipinski definition) is 0. The summed E-state index contributed by atoms with van der Waals surface area (Å²) in [5.74, 6) is 0.208. The van der Waals surface area contributed by atoms with Crippen molar-refractivity contribution >= 4 is 5.78 Å².